The van der Waals surface area contributed by atoms with E-state index >= 15 is 0 Å². The Bertz CT molecular complexity index is 985. The summed E-state index contributed by atoms with van der Waals surface area (Å²) in [5.74, 6) is 3.99. The molecule has 4 nitrogen and oxygen atoms in total. The van der Waals surface area contributed by atoms with Crippen LogP contribution in [0.3, 0.4) is 0 Å². The highest BCUT2D eigenvalue weighted by Crippen LogP contribution is 2.41. The Morgan fingerprint density at radius 1 is 1.37 bits per heavy atom. The van der Waals surface area contributed by atoms with Crippen molar-refractivity contribution in [3.63, 3.8) is 0 Å². The van der Waals surface area contributed by atoms with Crippen LogP contribution >= 0.6 is 0 Å². The van der Waals surface area contributed by atoms with Gasteiger partial charge in [-0.1, -0.05) is 0 Å². The van der Waals surface area contributed by atoms with E-state index in [1.54, 1.807) is 18.4 Å². The highest BCUT2D eigenvalue weighted by molar-refractivity contribution is 7.99. The minimum Gasteiger partial charge on any atom is -0.457 e. The number of halogens is 3. The third kappa shape index (κ3) is 4.81. The molecule has 27 heavy (non-hydrogen) atoms. The van der Waals surface area contributed by atoms with Crippen molar-refractivity contribution in [2.24, 2.45) is 5.73 Å². The molecular formula is C19H19F3N2O2S. The Morgan fingerprint density at radius 3 is 2.63 bits per heavy atom. The summed E-state index contributed by atoms with van der Waals surface area (Å²) in [7, 11) is -2.41. The lowest BCUT2D eigenvalue weighted by molar-refractivity contribution is 0.295. The molecule has 2 aromatic carbocycles. The van der Waals surface area contributed by atoms with E-state index in [4.69, 9.17) is 15.7 Å². The van der Waals surface area contributed by atoms with Gasteiger partial charge in [-0.15, -0.1) is 0 Å². The van der Waals surface area contributed by atoms with Crippen molar-refractivity contribution < 1.29 is 22.1 Å². The summed E-state index contributed by atoms with van der Waals surface area (Å²) >= 11 is 0. The van der Waals surface area contributed by atoms with Crippen molar-refractivity contribution in [1.29, 1.82) is 5.26 Å². The standard InChI is InChI=1S/C18H17FN2O2S.CH2F2/c1-24(2,22)17-6-5-16(14-3-4-15(21)18(14)17)23-13-8-11(10-20)7-12(19)9-13;2-1-3/h5-9,15H,1,3-4,21H2,2H3;1H2. The number of benzene rings is 2. The Kier molecular flexibility index (Phi) is 6.52. The summed E-state index contributed by atoms with van der Waals surface area (Å²) in [4.78, 5) is 0.645. The predicted octanol–water partition coefficient (Wildman–Crippen LogP) is 4.02. The van der Waals surface area contributed by atoms with Crippen molar-refractivity contribution in [3.8, 4) is 17.6 Å². The SMILES string of the molecule is C=S(C)(=O)c1ccc(Oc2cc(F)cc(C#N)c2)c2c1C(N)CC2.FCF. The van der Waals surface area contributed by atoms with E-state index in [1.165, 1.54) is 12.1 Å². The first-order valence-electron chi connectivity index (χ1n) is 7.95. The van der Waals surface area contributed by atoms with Gasteiger partial charge in [-0.05, 0) is 58.1 Å². The largest absolute Gasteiger partial charge is 0.457 e. The van der Waals surface area contributed by atoms with Gasteiger partial charge in [0.15, 0.2) is 0 Å². The smallest absolute Gasteiger partial charge is 0.229 e. The molecule has 8 heteroatoms. The first kappa shape index (κ1) is 20.8. The summed E-state index contributed by atoms with van der Waals surface area (Å²) in [6.45, 7) is -1.75. The lowest BCUT2D eigenvalue weighted by Gasteiger charge is -2.17. The Labute approximate surface area is 156 Å². The number of hydrogen-bond acceptors (Lipinski definition) is 4. The van der Waals surface area contributed by atoms with E-state index in [0.717, 1.165) is 23.6 Å². The van der Waals surface area contributed by atoms with Crippen molar-refractivity contribution in [1.82, 2.24) is 0 Å². The Morgan fingerprint density at radius 2 is 2.04 bits per heavy atom. The number of fused-ring (bicyclic) bond motifs is 1. The van der Waals surface area contributed by atoms with Crippen molar-refractivity contribution in [3.05, 3.63) is 52.8 Å². The number of alkyl halides is 2. The number of nitrogens with two attached hydrogens (primary N) is 1. The fourth-order valence-corrected chi connectivity index (χ4v) is 4.11. The normalized spacial score (nSPS) is 17.1. The van der Waals surface area contributed by atoms with Crippen molar-refractivity contribution in [2.45, 2.75) is 23.8 Å². The number of rotatable bonds is 3. The van der Waals surface area contributed by atoms with Gasteiger partial charge in [0.05, 0.1) is 11.6 Å². The molecule has 2 atom stereocenters. The highest BCUT2D eigenvalue weighted by Gasteiger charge is 2.28. The van der Waals surface area contributed by atoms with E-state index in [9.17, 15) is 17.4 Å². The van der Waals surface area contributed by atoms with Gasteiger partial charge >= 0.3 is 0 Å². The molecule has 2 aromatic rings. The summed E-state index contributed by atoms with van der Waals surface area (Å²) < 4.78 is 51.0. The molecule has 0 bridgehead atoms. The maximum Gasteiger partial charge on any atom is 0.229 e. The molecule has 0 heterocycles. The minimum atomic E-state index is -2.41. The third-order valence-corrected chi connectivity index (χ3v) is 5.33. The summed E-state index contributed by atoms with van der Waals surface area (Å²) in [6.07, 6.45) is 3.00. The van der Waals surface area contributed by atoms with Gasteiger partial charge in [0.1, 0.15) is 17.3 Å². The maximum atomic E-state index is 13.6. The van der Waals surface area contributed by atoms with Gasteiger partial charge < -0.3 is 10.5 Å². The van der Waals surface area contributed by atoms with Crippen molar-refractivity contribution in [2.75, 3.05) is 13.2 Å². The van der Waals surface area contributed by atoms with Gasteiger partial charge in [0.2, 0.25) is 6.93 Å². The zero-order valence-electron chi connectivity index (χ0n) is 14.7. The molecule has 0 aromatic heterocycles. The average molecular weight is 396 g/mol. The van der Waals surface area contributed by atoms with Gasteiger partial charge in [0.25, 0.3) is 0 Å². The quantitative estimate of drug-likeness (QED) is 0.795. The van der Waals surface area contributed by atoms with Gasteiger partial charge in [-0.2, -0.15) is 5.26 Å². The molecule has 2 unspecified atom stereocenters. The lowest BCUT2D eigenvalue weighted by Crippen LogP contribution is -2.11. The van der Waals surface area contributed by atoms with Crippen LogP contribution in [0.4, 0.5) is 13.2 Å². The molecule has 1 aliphatic carbocycles. The Hall–Kier alpha value is -2.50. The van der Waals surface area contributed by atoms with Crippen LogP contribution in [0, 0.1) is 17.1 Å². The molecule has 3 rings (SSSR count). The number of nitrogens with zero attached hydrogens (tertiary/aromatic N) is 1. The molecule has 0 saturated carbocycles. The minimum absolute atomic E-state index is 0.185. The second kappa shape index (κ2) is 8.46. The number of nitriles is 1. The van der Waals surface area contributed by atoms with Crippen LogP contribution in [-0.4, -0.2) is 23.3 Å². The van der Waals surface area contributed by atoms with Crippen LogP contribution < -0.4 is 10.5 Å². The molecule has 0 saturated heterocycles. The Balaban J connectivity index is 0.000000817. The highest BCUT2D eigenvalue weighted by atomic mass is 32.2. The van der Waals surface area contributed by atoms with E-state index in [2.05, 4.69) is 5.87 Å². The molecule has 0 radical (unpaired) electrons. The summed E-state index contributed by atoms with van der Waals surface area (Å²) in [5.41, 5.74) is 8.04. The molecule has 2 N–H and O–H groups in total. The molecule has 0 spiro atoms. The van der Waals surface area contributed by atoms with Crippen LogP contribution in [0.2, 0.25) is 0 Å². The van der Waals surface area contributed by atoms with Crippen LogP contribution in [0.15, 0.2) is 35.2 Å². The molecule has 0 aliphatic heterocycles. The first-order valence-corrected chi connectivity index (χ1v) is 10.1. The van der Waals surface area contributed by atoms with Crippen LogP contribution in [0.25, 0.3) is 0 Å². The van der Waals surface area contributed by atoms with E-state index in [1.807, 2.05) is 6.07 Å². The monoisotopic (exact) mass is 396 g/mol. The topological polar surface area (TPSA) is 76.1 Å². The average Bonchev–Trinajstić information content (AvgIpc) is 2.97. The first-order chi connectivity index (χ1) is 12.7. The predicted molar refractivity (Wildman–Crippen MR) is 99.4 cm³/mol. The zero-order valence-corrected chi connectivity index (χ0v) is 15.5. The van der Waals surface area contributed by atoms with Crippen LogP contribution in [0.1, 0.15) is 29.2 Å². The fourth-order valence-electron chi connectivity index (χ4n) is 3.02. The fraction of sp³-hybridized carbons (Fsp3) is 0.263. The van der Waals surface area contributed by atoms with Crippen LogP contribution in [0.5, 0.6) is 11.5 Å². The molecule has 0 fully saturated rings. The summed E-state index contributed by atoms with van der Waals surface area (Å²) in [5, 5.41) is 8.94. The van der Waals surface area contributed by atoms with Crippen LogP contribution in [-0.2, 0) is 15.9 Å². The number of hydrogen-bond donors (Lipinski definition) is 1. The maximum absolute atomic E-state index is 13.6. The van der Waals surface area contributed by atoms with Gasteiger partial charge in [-0.25, -0.2) is 13.2 Å². The van der Waals surface area contributed by atoms with Crippen molar-refractivity contribution >= 4 is 15.4 Å². The second-order valence-corrected chi connectivity index (χ2v) is 8.54. The molecule has 1 aliphatic rings. The molecule has 0 amide bonds. The van der Waals surface area contributed by atoms with Gasteiger partial charge in [-0.3, -0.25) is 4.21 Å². The third-order valence-electron chi connectivity index (χ3n) is 4.04. The van der Waals surface area contributed by atoms with E-state index < -0.39 is 22.3 Å². The molecule has 144 valence electrons. The number of ether oxygens (including phenoxy) is 1. The molecular weight excluding hydrogens is 377 g/mol. The van der Waals surface area contributed by atoms with E-state index in [0.29, 0.717) is 17.1 Å². The second-order valence-electron chi connectivity index (χ2n) is 6.09. The van der Waals surface area contributed by atoms with Gasteiger partial charge in [0, 0.05) is 28.8 Å². The lowest BCUT2D eigenvalue weighted by atomic mass is 10.1. The summed E-state index contributed by atoms with van der Waals surface area (Å²) in [6, 6.07) is 8.93. The zero-order chi connectivity index (χ0) is 20.2. The van der Waals surface area contributed by atoms with E-state index in [-0.39, 0.29) is 17.4 Å².